The topological polar surface area (TPSA) is 94.0 Å². The van der Waals surface area contributed by atoms with E-state index in [-0.39, 0.29) is 6.42 Å². The molecule has 1 N–H and O–H groups in total. The Morgan fingerprint density at radius 1 is 1.20 bits per heavy atom. The molecule has 7 nitrogen and oxygen atoms in total. The van der Waals surface area contributed by atoms with Gasteiger partial charge in [-0.05, 0) is 42.5 Å². The quantitative estimate of drug-likeness (QED) is 0.604. The van der Waals surface area contributed by atoms with E-state index in [0.717, 1.165) is 10.9 Å². The molecule has 0 aliphatic rings. The largest absolute Gasteiger partial charge is 0.481 e. The first-order chi connectivity index (χ1) is 12.1. The molecular formula is C17H11ClN4O3. The van der Waals surface area contributed by atoms with Crippen molar-refractivity contribution in [3.63, 3.8) is 0 Å². The minimum atomic E-state index is -0.948. The highest BCUT2D eigenvalue weighted by atomic mass is 35.5. The Labute approximate surface area is 146 Å². The highest BCUT2D eigenvalue weighted by molar-refractivity contribution is 6.30. The molecule has 0 unspecified atom stereocenters. The fourth-order valence-electron chi connectivity index (χ4n) is 2.62. The molecule has 0 aliphatic carbocycles. The van der Waals surface area contributed by atoms with Gasteiger partial charge in [0.05, 0.1) is 29.4 Å². The van der Waals surface area contributed by atoms with E-state index >= 15 is 0 Å². The second-order valence-corrected chi connectivity index (χ2v) is 5.86. The maximum absolute atomic E-state index is 11.0. The van der Waals surface area contributed by atoms with Gasteiger partial charge in [-0.1, -0.05) is 22.0 Å². The van der Waals surface area contributed by atoms with Crippen LogP contribution in [0, 0.1) is 0 Å². The first kappa shape index (κ1) is 15.3. The van der Waals surface area contributed by atoms with Crippen LogP contribution in [0.2, 0.25) is 5.02 Å². The van der Waals surface area contributed by atoms with E-state index < -0.39 is 5.97 Å². The molecule has 4 aromatic rings. The van der Waals surface area contributed by atoms with E-state index in [1.165, 1.54) is 10.9 Å². The first-order valence-electron chi connectivity index (χ1n) is 7.39. The minimum Gasteiger partial charge on any atom is -0.481 e. The van der Waals surface area contributed by atoms with E-state index in [4.69, 9.17) is 21.2 Å². The summed E-state index contributed by atoms with van der Waals surface area (Å²) in [6, 6.07) is 12.7. The molecule has 0 atom stereocenters. The SMILES string of the molecule is O=C(O)Cc1cnnn1-c1ccc2noc(-c3ccc(Cl)cc3)c2c1. The summed E-state index contributed by atoms with van der Waals surface area (Å²) in [5, 5.41) is 22.3. The maximum atomic E-state index is 11.0. The predicted molar refractivity (Wildman–Crippen MR) is 90.7 cm³/mol. The van der Waals surface area contributed by atoms with Gasteiger partial charge in [-0.3, -0.25) is 4.79 Å². The van der Waals surface area contributed by atoms with Crippen molar-refractivity contribution >= 4 is 28.5 Å². The Morgan fingerprint density at radius 2 is 2.00 bits per heavy atom. The highest BCUT2D eigenvalue weighted by Crippen LogP contribution is 2.31. The number of rotatable bonds is 4. The second kappa shape index (κ2) is 6.03. The van der Waals surface area contributed by atoms with Crippen molar-refractivity contribution in [3.05, 3.63) is 59.4 Å². The molecule has 2 heterocycles. The van der Waals surface area contributed by atoms with Crippen molar-refractivity contribution in [1.29, 1.82) is 0 Å². The molecule has 8 heteroatoms. The number of aromatic nitrogens is 4. The molecule has 2 aromatic carbocycles. The molecule has 4 rings (SSSR count). The molecule has 0 radical (unpaired) electrons. The molecule has 25 heavy (non-hydrogen) atoms. The van der Waals surface area contributed by atoms with E-state index in [2.05, 4.69) is 15.5 Å². The number of hydrogen-bond acceptors (Lipinski definition) is 5. The number of carboxylic acid groups (broad SMARTS) is 1. The lowest BCUT2D eigenvalue weighted by Crippen LogP contribution is -2.07. The second-order valence-electron chi connectivity index (χ2n) is 5.43. The fraction of sp³-hybridized carbons (Fsp3) is 0.0588. The van der Waals surface area contributed by atoms with Crippen LogP contribution in [0.4, 0.5) is 0 Å². The van der Waals surface area contributed by atoms with Crippen molar-refractivity contribution < 1.29 is 14.4 Å². The van der Waals surface area contributed by atoms with Crippen LogP contribution >= 0.6 is 11.6 Å². The van der Waals surface area contributed by atoms with Crippen molar-refractivity contribution in [1.82, 2.24) is 20.2 Å². The third-order valence-electron chi connectivity index (χ3n) is 3.76. The van der Waals surface area contributed by atoms with Crippen molar-refractivity contribution in [2.45, 2.75) is 6.42 Å². The average Bonchev–Trinajstić information content (AvgIpc) is 3.21. The summed E-state index contributed by atoms with van der Waals surface area (Å²) in [4.78, 5) is 11.0. The molecule has 0 spiro atoms. The standard InChI is InChI=1S/C17H11ClN4O3/c18-11-3-1-10(2-4-11)17-14-7-12(5-6-15(14)20-25-17)22-13(8-16(23)24)9-19-21-22/h1-7,9H,8H2,(H,23,24). The van der Waals surface area contributed by atoms with Gasteiger partial charge in [-0.15, -0.1) is 5.10 Å². The molecule has 0 aliphatic heterocycles. The molecule has 0 saturated heterocycles. The Hall–Kier alpha value is -3.19. The summed E-state index contributed by atoms with van der Waals surface area (Å²) in [5.74, 6) is -0.343. The Kier molecular flexibility index (Phi) is 3.70. The fourth-order valence-corrected chi connectivity index (χ4v) is 2.75. The third kappa shape index (κ3) is 2.85. The monoisotopic (exact) mass is 354 g/mol. The smallest absolute Gasteiger partial charge is 0.309 e. The lowest BCUT2D eigenvalue weighted by Gasteiger charge is -2.05. The number of benzene rings is 2. The van der Waals surface area contributed by atoms with Crippen LogP contribution in [0.15, 0.2) is 53.2 Å². The van der Waals surface area contributed by atoms with Crippen LogP contribution in [-0.4, -0.2) is 31.2 Å². The van der Waals surface area contributed by atoms with E-state index in [1.807, 2.05) is 18.2 Å². The summed E-state index contributed by atoms with van der Waals surface area (Å²) < 4.78 is 6.97. The molecule has 124 valence electrons. The van der Waals surface area contributed by atoms with Crippen LogP contribution in [0.5, 0.6) is 0 Å². The zero-order valence-electron chi connectivity index (χ0n) is 12.8. The van der Waals surface area contributed by atoms with Gasteiger partial charge in [0.15, 0.2) is 5.76 Å². The zero-order chi connectivity index (χ0) is 17.4. The number of nitrogens with zero attached hydrogens (tertiary/aromatic N) is 4. The minimum absolute atomic E-state index is 0.168. The van der Waals surface area contributed by atoms with Gasteiger partial charge in [0.2, 0.25) is 0 Å². The van der Waals surface area contributed by atoms with Gasteiger partial charge in [0.1, 0.15) is 5.52 Å². The molecule has 0 saturated carbocycles. The van der Waals surface area contributed by atoms with E-state index in [9.17, 15) is 4.79 Å². The molecular weight excluding hydrogens is 344 g/mol. The van der Waals surface area contributed by atoms with Crippen molar-refractivity contribution in [2.75, 3.05) is 0 Å². The van der Waals surface area contributed by atoms with Crippen molar-refractivity contribution in [3.8, 4) is 17.0 Å². The van der Waals surface area contributed by atoms with Gasteiger partial charge in [-0.25, -0.2) is 4.68 Å². The summed E-state index contributed by atoms with van der Waals surface area (Å²) >= 11 is 5.93. The number of carbonyl (C=O) groups is 1. The maximum Gasteiger partial charge on any atom is 0.309 e. The zero-order valence-corrected chi connectivity index (χ0v) is 13.5. The van der Waals surface area contributed by atoms with Gasteiger partial charge < -0.3 is 9.63 Å². The van der Waals surface area contributed by atoms with E-state index in [0.29, 0.717) is 27.7 Å². The summed E-state index contributed by atoms with van der Waals surface area (Å²) in [6.07, 6.45) is 1.27. The van der Waals surface area contributed by atoms with Crippen LogP contribution < -0.4 is 0 Å². The number of carboxylic acids is 1. The van der Waals surface area contributed by atoms with Gasteiger partial charge in [0.25, 0.3) is 0 Å². The molecule has 0 bridgehead atoms. The Bertz CT molecular complexity index is 1070. The van der Waals surface area contributed by atoms with Crippen LogP contribution in [0.25, 0.3) is 27.9 Å². The van der Waals surface area contributed by atoms with Gasteiger partial charge in [0, 0.05) is 10.6 Å². The lowest BCUT2D eigenvalue weighted by atomic mass is 10.1. The predicted octanol–water partition coefficient (Wildman–Crippen LogP) is 3.36. The van der Waals surface area contributed by atoms with Crippen LogP contribution in [0.3, 0.4) is 0 Å². The summed E-state index contributed by atoms with van der Waals surface area (Å²) in [6.45, 7) is 0. The van der Waals surface area contributed by atoms with Crippen molar-refractivity contribution in [2.24, 2.45) is 0 Å². The number of halogens is 1. The summed E-state index contributed by atoms with van der Waals surface area (Å²) in [7, 11) is 0. The van der Waals surface area contributed by atoms with Crippen LogP contribution in [-0.2, 0) is 11.2 Å². The normalized spacial score (nSPS) is 11.1. The first-order valence-corrected chi connectivity index (χ1v) is 7.77. The number of fused-ring (bicyclic) bond motifs is 1. The number of hydrogen-bond donors (Lipinski definition) is 1. The Morgan fingerprint density at radius 3 is 2.76 bits per heavy atom. The lowest BCUT2D eigenvalue weighted by molar-refractivity contribution is -0.136. The van der Waals surface area contributed by atoms with E-state index in [1.54, 1.807) is 24.3 Å². The molecule has 2 aromatic heterocycles. The summed E-state index contributed by atoms with van der Waals surface area (Å²) in [5.41, 5.74) is 2.69. The number of aliphatic carboxylic acids is 1. The third-order valence-corrected chi connectivity index (χ3v) is 4.02. The molecule has 0 amide bonds. The van der Waals surface area contributed by atoms with Gasteiger partial charge >= 0.3 is 5.97 Å². The molecule has 0 fully saturated rings. The highest BCUT2D eigenvalue weighted by Gasteiger charge is 2.15. The van der Waals surface area contributed by atoms with Crippen LogP contribution in [0.1, 0.15) is 5.69 Å². The average molecular weight is 355 g/mol. The van der Waals surface area contributed by atoms with Gasteiger partial charge in [-0.2, -0.15) is 0 Å². The Balaban J connectivity index is 1.83.